The van der Waals surface area contributed by atoms with Crippen LogP contribution in [-0.2, 0) is 13.5 Å². The van der Waals surface area contributed by atoms with Crippen molar-refractivity contribution >= 4 is 0 Å². The molecule has 0 aliphatic heterocycles. The van der Waals surface area contributed by atoms with Crippen molar-refractivity contribution in [2.24, 2.45) is 7.05 Å². The van der Waals surface area contributed by atoms with E-state index < -0.39 is 0 Å². The summed E-state index contributed by atoms with van der Waals surface area (Å²) in [4.78, 5) is 4.22. The van der Waals surface area contributed by atoms with E-state index in [1.807, 2.05) is 43.1 Å². The van der Waals surface area contributed by atoms with E-state index in [-0.39, 0.29) is 0 Å². The van der Waals surface area contributed by atoms with Crippen LogP contribution in [-0.4, -0.2) is 35.2 Å². The third kappa shape index (κ3) is 2.64. The van der Waals surface area contributed by atoms with E-state index in [1.54, 1.807) is 0 Å². The highest BCUT2D eigenvalue weighted by Gasteiger charge is 1.97. The predicted molar refractivity (Wildman–Crippen MR) is 48.6 cm³/mol. The lowest BCUT2D eigenvalue weighted by molar-refractivity contribution is 0.291. The van der Waals surface area contributed by atoms with Crippen LogP contribution in [0.25, 0.3) is 0 Å². The molecule has 0 saturated carbocycles. The molecule has 0 aliphatic carbocycles. The van der Waals surface area contributed by atoms with Crippen LogP contribution in [0.4, 0.5) is 0 Å². The second-order valence-electron chi connectivity index (χ2n) is 3.01. The fourth-order valence-corrected chi connectivity index (χ4v) is 1.03. The molecule has 0 bridgehead atoms. The van der Waals surface area contributed by atoms with Crippen LogP contribution in [0.2, 0.25) is 0 Å². The van der Waals surface area contributed by atoms with Gasteiger partial charge in [-0.15, -0.1) is 0 Å². The number of aromatic nitrogens is 2. The number of rotatable bonds is 4. The molecule has 1 N–H and O–H groups in total. The lowest BCUT2D eigenvalue weighted by atomic mass is 10.4. The molecule has 0 aliphatic rings. The van der Waals surface area contributed by atoms with Gasteiger partial charge in [-0.3, -0.25) is 10.4 Å². The molecule has 1 aromatic heterocycles. The summed E-state index contributed by atoms with van der Waals surface area (Å²) < 4.78 is 2.04. The summed E-state index contributed by atoms with van der Waals surface area (Å²) >= 11 is 0. The lowest BCUT2D eigenvalue weighted by Gasteiger charge is -2.10. The summed E-state index contributed by atoms with van der Waals surface area (Å²) in [6, 6.07) is 0. The van der Waals surface area contributed by atoms with Crippen LogP contribution < -0.4 is 5.43 Å². The Kier molecular flexibility index (Phi) is 3.25. The van der Waals surface area contributed by atoms with Crippen LogP contribution in [0.15, 0.2) is 12.4 Å². The highest BCUT2D eigenvalue weighted by atomic mass is 15.5. The van der Waals surface area contributed by atoms with Crippen molar-refractivity contribution in [3.05, 3.63) is 18.2 Å². The monoisotopic (exact) mass is 168 g/mol. The number of nitrogens with zero attached hydrogens (tertiary/aromatic N) is 3. The van der Waals surface area contributed by atoms with Gasteiger partial charge in [-0.25, -0.2) is 4.98 Å². The maximum absolute atomic E-state index is 4.22. The second kappa shape index (κ2) is 4.23. The minimum Gasteiger partial charge on any atom is -0.338 e. The van der Waals surface area contributed by atoms with E-state index in [1.165, 1.54) is 0 Å². The highest BCUT2D eigenvalue weighted by Crippen LogP contribution is 1.93. The van der Waals surface area contributed by atoms with Crippen LogP contribution in [0.1, 0.15) is 5.82 Å². The van der Waals surface area contributed by atoms with Gasteiger partial charge in [0.15, 0.2) is 0 Å². The number of hydrazine groups is 1. The maximum Gasteiger partial charge on any atom is 0.109 e. The summed E-state index contributed by atoms with van der Waals surface area (Å²) in [7, 11) is 5.98. The van der Waals surface area contributed by atoms with Crippen molar-refractivity contribution in [2.45, 2.75) is 6.42 Å². The number of imidazole rings is 1. The zero-order valence-corrected chi connectivity index (χ0v) is 7.91. The first-order chi connectivity index (χ1) is 5.70. The van der Waals surface area contributed by atoms with Crippen molar-refractivity contribution in [1.82, 2.24) is 20.0 Å². The molecule has 0 unspecified atom stereocenters. The minimum absolute atomic E-state index is 0.928. The average Bonchev–Trinajstić information content (AvgIpc) is 2.36. The standard InChI is InChI=1S/C8H16N4/c1-11(2)10-5-4-8-9-6-7-12(8)3/h6-7,10H,4-5H2,1-3H3. The zero-order valence-electron chi connectivity index (χ0n) is 7.91. The molecule has 1 rings (SSSR count). The van der Waals surface area contributed by atoms with Crippen molar-refractivity contribution in [1.29, 1.82) is 0 Å². The van der Waals surface area contributed by atoms with E-state index in [0.29, 0.717) is 0 Å². The number of hydrogen-bond donors (Lipinski definition) is 1. The van der Waals surface area contributed by atoms with Gasteiger partial charge in [-0.2, -0.15) is 0 Å². The Morgan fingerprint density at radius 2 is 2.33 bits per heavy atom. The molecule has 0 radical (unpaired) electrons. The first-order valence-electron chi connectivity index (χ1n) is 4.07. The first kappa shape index (κ1) is 9.22. The molecular weight excluding hydrogens is 152 g/mol. The molecule has 0 fully saturated rings. The van der Waals surface area contributed by atoms with Gasteiger partial charge < -0.3 is 4.57 Å². The number of hydrogen-bond acceptors (Lipinski definition) is 3. The zero-order chi connectivity index (χ0) is 8.97. The van der Waals surface area contributed by atoms with E-state index >= 15 is 0 Å². The van der Waals surface area contributed by atoms with Crippen LogP contribution >= 0.6 is 0 Å². The molecule has 4 heteroatoms. The fraction of sp³-hybridized carbons (Fsp3) is 0.625. The molecular formula is C8H16N4. The van der Waals surface area contributed by atoms with Gasteiger partial charge in [0.1, 0.15) is 5.82 Å². The first-order valence-corrected chi connectivity index (χ1v) is 4.07. The van der Waals surface area contributed by atoms with E-state index in [2.05, 4.69) is 10.4 Å². The quantitative estimate of drug-likeness (QED) is 0.644. The summed E-state index contributed by atoms with van der Waals surface area (Å²) in [5, 5.41) is 1.95. The third-order valence-electron chi connectivity index (χ3n) is 1.70. The molecule has 0 amide bonds. The van der Waals surface area contributed by atoms with Crippen molar-refractivity contribution in [3.8, 4) is 0 Å². The molecule has 0 saturated heterocycles. The Bertz CT molecular complexity index is 229. The SMILES string of the molecule is CN(C)NCCc1nccn1C. The van der Waals surface area contributed by atoms with Gasteiger partial charge >= 0.3 is 0 Å². The fourth-order valence-electron chi connectivity index (χ4n) is 1.03. The lowest BCUT2D eigenvalue weighted by Crippen LogP contribution is -2.32. The molecule has 0 spiro atoms. The summed E-state index contributed by atoms with van der Waals surface area (Å²) in [6.45, 7) is 0.928. The molecule has 0 aromatic carbocycles. The molecule has 1 aromatic rings. The Labute approximate surface area is 73.2 Å². The van der Waals surface area contributed by atoms with Crippen LogP contribution in [0.5, 0.6) is 0 Å². The van der Waals surface area contributed by atoms with Gasteiger partial charge in [0.2, 0.25) is 0 Å². The Balaban J connectivity index is 2.29. The largest absolute Gasteiger partial charge is 0.338 e. The Morgan fingerprint density at radius 1 is 1.58 bits per heavy atom. The highest BCUT2D eigenvalue weighted by molar-refractivity contribution is 4.91. The maximum atomic E-state index is 4.22. The smallest absolute Gasteiger partial charge is 0.109 e. The van der Waals surface area contributed by atoms with Gasteiger partial charge in [0, 0.05) is 46.5 Å². The number of aryl methyl sites for hydroxylation is 1. The van der Waals surface area contributed by atoms with Crippen molar-refractivity contribution in [3.63, 3.8) is 0 Å². The van der Waals surface area contributed by atoms with Crippen molar-refractivity contribution in [2.75, 3.05) is 20.6 Å². The molecule has 68 valence electrons. The average molecular weight is 168 g/mol. The summed E-state index contributed by atoms with van der Waals surface area (Å²) in [6.07, 6.45) is 4.75. The normalized spacial score (nSPS) is 11.0. The van der Waals surface area contributed by atoms with Gasteiger partial charge in [0.05, 0.1) is 0 Å². The van der Waals surface area contributed by atoms with E-state index in [9.17, 15) is 0 Å². The molecule has 0 atom stereocenters. The molecule has 4 nitrogen and oxygen atoms in total. The Morgan fingerprint density at radius 3 is 2.83 bits per heavy atom. The van der Waals surface area contributed by atoms with Crippen molar-refractivity contribution < 1.29 is 0 Å². The van der Waals surface area contributed by atoms with E-state index in [4.69, 9.17) is 0 Å². The molecule has 1 heterocycles. The second-order valence-corrected chi connectivity index (χ2v) is 3.01. The summed E-state index contributed by atoms with van der Waals surface area (Å²) in [5.74, 6) is 1.12. The Hall–Kier alpha value is -0.870. The van der Waals surface area contributed by atoms with Gasteiger partial charge in [-0.1, -0.05) is 0 Å². The van der Waals surface area contributed by atoms with E-state index in [0.717, 1.165) is 18.8 Å². The minimum atomic E-state index is 0.928. The topological polar surface area (TPSA) is 33.1 Å². The summed E-state index contributed by atoms with van der Waals surface area (Å²) in [5.41, 5.74) is 3.19. The third-order valence-corrected chi connectivity index (χ3v) is 1.70. The predicted octanol–water partition coefficient (Wildman–Crippen LogP) is 0.0288. The van der Waals surface area contributed by atoms with Gasteiger partial charge in [0.25, 0.3) is 0 Å². The van der Waals surface area contributed by atoms with Crippen LogP contribution in [0.3, 0.4) is 0 Å². The number of nitrogens with one attached hydrogen (secondary N) is 1. The molecule has 12 heavy (non-hydrogen) atoms. The van der Waals surface area contributed by atoms with Crippen LogP contribution in [0, 0.1) is 0 Å². The van der Waals surface area contributed by atoms with Gasteiger partial charge in [-0.05, 0) is 0 Å².